The zero-order chi connectivity index (χ0) is 15.4. The van der Waals surface area contributed by atoms with E-state index in [0.717, 1.165) is 11.1 Å². The predicted molar refractivity (Wildman–Crippen MR) is 86.6 cm³/mol. The molecule has 0 aliphatic carbocycles. The van der Waals surface area contributed by atoms with E-state index in [2.05, 4.69) is 0 Å². The fourth-order valence-corrected chi connectivity index (χ4v) is 2.16. The molecule has 0 aromatic heterocycles. The molecule has 2 nitrogen and oxygen atoms in total. The van der Waals surface area contributed by atoms with Crippen LogP contribution in [0.4, 0.5) is 0 Å². The summed E-state index contributed by atoms with van der Waals surface area (Å²) in [7, 11) is 0. The normalized spacial score (nSPS) is 12.0. The molecule has 0 spiro atoms. The van der Waals surface area contributed by atoms with Gasteiger partial charge in [-0.05, 0) is 43.7 Å². The number of hydrogen-bond donors (Lipinski definition) is 0. The summed E-state index contributed by atoms with van der Waals surface area (Å²) in [6.45, 7) is 3.96. The van der Waals surface area contributed by atoms with Crippen molar-refractivity contribution in [1.29, 1.82) is 0 Å². The number of hydrogen-bond acceptors (Lipinski definition) is 2. The van der Waals surface area contributed by atoms with Gasteiger partial charge in [0.15, 0.2) is 5.78 Å². The minimum absolute atomic E-state index is 0.133. The lowest BCUT2D eigenvalue weighted by molar-refractivity contribution is 0.0987. The highest BCUT2D eigenvalue weighted by atomic mass is 35.5. The van der Waals surface area contributed by atoms with Gasteiger partial charge >= 0.3 is 0 Å². The second-order valence-electron chi connectivity index (χ2n) is 4.90. The highest BCUT2D eigenvalue weighted by molar-refractivity contribution is 6.34. The number of benzene rings is 2. The average molecular weight is 323 g/mol. The molecule has 4 heteroatoms. The Morgan fingerprint density at radius 3 is 2.48 bits per heavy atom. The highest BCUT2D eigenvalue weighted by Gasteiger charge is 2.17. The molecule has 2 rings (SSSR count). The van der Waals surface area contributed by atoms with E-state index in [-0.39, 0.29) is 5.78 Å². The van der Waals surface area contributed by atoms with Crippen molar-refractivity contribution in [2.45, 2.75) is 25.8 Å². The van der Waals surface area contributed by atoms with Crippen LogP contribution in [0.3, 0.4) is 0 Å². The summed E-state index contributed by atoms with van der Waals surface area (Å²) in [6.07, 6.45) is 0. The van der Waals surface area contributed by atoms with Crippen molar-refractivity contribution >= 4 is 29.0 Å². The van der Waals surface area contributed by atoms with E-state index in [1.54, 1.807) is 19.1 Å². The van der Waals surface area contributed by atoms with Gasteiger partial charge in [-0.15, -0.1) is 11.6 Å². The average Bonchev–Trinajstić information content (AvgIpc) is 2.46. The number of ether oxygens (including phenoxy) is 1. The predicted octanol–water partition coefficient (Wildman–Crippen LogP) is 5.04. The van der Waals surface area contributed by atoms with Crippen molar-refractivity contribution in [2.24, 2.45) is 0 Å². The van der Waals surface area contributed by atoms with Gasteiger partial charge in [0.1, 0.15) is 12.4 Å². The van der Waals surface area contributed by atoms with Gasteiger partial charge in [-0.1, -0.05) is 35.4 Å². The van der Waals surface area contributed by atoms with Crippen LogP contribution in [-0.2, 0) is 6.61 Å². The second kappa shape index (κ2) is 6.97. The molecule has 0 aliphatic rings. The summed E-state index contributed by atoms with van der Waals surface area (Å²) >= 11 is 11.7. The van der Waals surface area contributed by atoms with E-state index in [4.69, 9.17) is 27.9 Å². The van der Waals surface area contributed by atoms with Crippen molar-refractivity contribution in [3.05, 3.63) is 64.2 Å². The molecule has 1 atom stereocenters. The van der Waals surface area contributed by atoms with Gasteiger partial charge in [0.2, 0.25) is 0 Å². The van der Waals surface area contributed by atoms with E-state index >= 15 is 0 Å². The van der Waals surface area contributed by atoms with E-state index in [0.29, 0.717) is 22.9 Å². The Bertz CT molecular complexity index is 634. The molecule has 0 saturated heterocycles. The quantitative estimate of drug-likeness (QED) is 0.569. The zero-order valence-corrected chi connectivity index (χ0v) is 13.4. The molecule has 0 amide bonds. The molecule has 0 N–H and O–H groups in total. The van der Waals surface area contributed by atoms with E-state index in [1.807, 2.05) is 37.3 Å². The Morgan fingerprint density at radius 1 is 1.19 bits per heavy atom. The maximum atomic E-state index is 12.1. The Labute approximate surface area is 134 Å². The van der Waals surface area contributed by atoms with Crippen LogP contribution in [0.1, 0.15) is 28.4 Å². The van der Waals surface area contributed by atoms with Gasteiger partial charge in [-0.25, -0.2) is 0 Å². The van der Waals surface area contributed by atoms with Crippen LogP contribution in [0.2, 0.25) is 5.02 Å². The lowest BCUT2D eigenvalue weighted by Crippen LogP contribution is -2.12. The molecule has 0 bridgehead atoms. The SMILES string of the molecule is Cc1ccc(OCc2ccc(Cl)cc2)c(C(=O)C(C)Cl)c1. The smallest absolute Gasteiger partial charge is 0.184 e. The first-order chi connectivity index (χ1) is 9.97. The van der Waals surface area contributed by atoms with Gasteiger partial charge in [-0.3, -0.25) is 4.79 Å². The third-order valence-electron chi connectivity index (χ3n) is 3.07. The fourth-order valence-electron chi connectivity index (χ4n) is 1.92. The van der Waals surface area contributed by atoms with E-state index < -0.39 is 5.38 Å². The molecule has 0 saturated carbocycles. The minimum atomic E-state index is -0.579. The number of carbonyl (C=O) groups excluding carboxylic acids is 1. The van der Waals surface area contributed by atoms with Crippen molar-refractivity contribution in [3.63, 3.8) is 0 Å². The Morgan fingerprint density at radius 2 is 1.86 bits per heavy atom. The summed E-state index contributed by atoms with van der Waals surface area (Å²) in [5.41, 5.74) is 2.50. The van der Waals surface area contributed by atoms with Crippen LogP contribution >= 0.6 is 23.2 Å². The van der Waals surface area contributed by atoms with Gasteiger partial charge in [0.25, 0.3) is 0 Å². The van der Waals surface area contributed by atoms with E-state index in [1.165, 1.54) is 0 Å². The van der Waals surface area contributed by atoms with Crippen LogP contribution in [0.5, 0.6) is 5.75 Å². The Kier molecular flexibility index (Phi) is 5.27. The lowest BCUT2D eigenvalue weighted by atomic mass is 10.0. The zero-order valence-electron chi connectivity index (χ0n) is 11.9. The number of halogens is 2. The van der Waals surface area contributed by atoms with Crippen molar-refractivity contribution in [1.82, 2.24) is 0 Å². The lowest BCUT2D eigenvalue weighted by Gasteiger charge is -2.12. The molecule has 110 valence electrons. The molecule has 21 heavy (non-hydrogen) atoms. The summed E-state index contributed by atoms with van der Waals surface area (Å²) in [6, 6.07) is 12.9. The number of alkyl halides is 1. The standard InChI is InChI=1S/C17H16Cl2O2/c1-11-3-8-16(15(9-11)17(20)12(2)18)21-10-13-4-6-14(19)7-5-13/h3-9,12H,10H2,1-2H3. The van der Waals surface area contributed by atoms with Crippen LogP contribution in [0, 0.1) is 6.92 Å². The largest absolute Gasteiger partial charge is 0.488 e. The monoisotopic (exact) mass is 322 g/mol. The molecule has 1 unspecified atom stereocenters. The molecule has 0 radical (unpaired) electrons. The summed E-state index contributed by atoms with van der Waals surface area (Å²) in [5, 5.41) is 0.102. The third-order valence-corrected chi connectivity index (χ3v) is 3.52. The minimum Gasteiger partial charge on any atom is -0.488 e. The summed E-state index contributed by atoms with van der Waals surface area (Å²) in [4.78, 5) is 12.1. The third kappa shape index (κ3) is 4.23. The van der Waals surface area contributed by atoms with Gasteiger partial charge < -0.3 is 4.74 Å². The number of ketones is 1. The Balaban J connectivity index is 2.19. The maximum absolute atomic E-state index is 12.1. The first-order valence-corrected chi connectivity index (χ1v) is 7.45. The molecule has 0 heterocycles. The molecule has 2 aromatic rings. The summed E-state index contributed by atoms with van der Waals surface area (Å²) < 4.78 is 5.77. The topological polar surface area (TPSA) is 26.3 Å². The maximum Gasteiger partial charge on any atom is 0.184 e. The van der Waals surface area contributed by atoms with Gasteiger partial charge in [-0.2, -0.15) is 0 Å². The molecular weight excluding hydrogens is 307 g/mol. The van der Waals surface area contributed by atoms with Gasteiger partial charge in [0, 0.05) is 5.02 Å². The molecule has 0 aliphatic heterocycles. The highest BCUT2D eigenvalue weighted by Crippen LogP contribution is 2.24. The second-order valence-corrected chi connectivity index (χ2v) is 5.99. The number of aryl methyl sites for hydroxylation is 1. The molecule has 0 fully saturated rings. The van der Waals surface area contributed by atoms with E-state index in [9.17, 15) is 4.79 Å². The fraction of sp³-hybridized carbons (Fsp3) is 0.235. The first-order valence-electron chi connectivity index (χ1n) is 6.63. The van der Waals surface area contributed by atoms with Crippen LogP contribution in [0.15, 0.2) is 42.5 Å². The van der Waals surface area contributed by atoms with Crippen LogP contribution in [0.25, 0.3) is 0 Å². The van der Waals surface area contributed by atoms with Gasteiger partial charge in [0.05, 0.1) is 10.9 Å². The van der Waals surface area contributed by atoms with Crippen LogP contribution in [-0.4, -0.2) is 11.2 Å². The molecule has 2 aromatic carbocycles. The van der Waals surface area contributed by atoms with Crippen LogP contribution < -0.4 is 4.74 Å². The van der Waals surface area contributed by atoms with Crippen molar-refractivity contribution in [2.75, 3.05) is 0 Å². The Hall–Kier alpha value is -1.51. The molecular formula is C17H16Cl2O2. The summed E-state index contributed by atoms with van der Waals surface area (Å²) in [5.74, 6) is 0.416. The van der Waals surface area contributed by atoms with Crippen molar-refractivity contribution < 1.29 is 9.53 Å². The first kappa shape index (κ1) is 15.9. The van der Waals surface area contributed by atoms with Crippen molar-refractivity contribution in [3.8, 4) is 5.75 Å². The number of Topliss-reactive ketones (excluding diaryl/α,β-unsaturated/α-hetero) is 1. The number of carbonyl (C=O) groups is 1. The number of rotatable bonds is 5.